The van der Waals surface area contributed by atoms with Gasteiger partial charge in [-0.2, -0.15) is 0 Å². The van der Waals surface area contributed by atoms with Gasteiger partial charge in [-0.05, 0) is 32.0 Å². The van der Waals surface area contributed by atoms with Gasteiger partial charge in [-0.1, -0.05) is 0 Å². The fourth-order valence-electron chi connectivity index (χ4n) is 1.73. The lowest BCUT2D eigenvalue weighted by Crippen LogP contribution is -2.13. The van der Waals surface area contributed by atoms with E-state index in [0.29, 0.717) is 11.6 Å². The van der Waals surface area contributed by atoms with Crippen molar-refractivity contribution in [3.8, 4) is 0 Å². The molecule has 2 aromatic rings. The van der Waals surface area contributed by atoms with Crippen molar-refractivity contribution >= 4 is 16.8 Å². The molecule has 1 aromatic heterocycles. The third-order valence-corrected chi connectivity index (χ3v) is 2.64. The van der Waals surface area contributed by atoms with Crippen LogP contribution < -0.4 is 5.73 Å². The molecule has 0 atom stereocenters. The Balaban J connectivity index is 2.53. The Morgan fingerprint density at radius 3 is 2.88 bits per heavy atom. The van der Waals surface area contributed by atoms with Crippen molar-refractivity contribution in [2.75, 3.05) is 6.54 Å². The number of aromatic nitrogens is 2. The summed E-state index contributed by atoms with van der Waals surface area (Å²) in [5.41, 5.74) is 7.84. The summed E-state index contributed by atoms with van der Waals surface area (Å²) >= 11 is 0. The maximum Gasteiger partial charge on any atom is 0.176 e. The molecule has 1 heterocycles. The number of hydrogen-bond donors (Lipinski definition) is 1. The molecule has 4 nitrogen and oxygen atoms in total. The quantitative estimate of drug-likeness (QED) is 0.797. The second-order valence-electron chi connectivity index (χ2n) is 4.08. The van der Waals surface area contributed by atoms with Crippen LogP contribution in [-0.4, -0.2) is 21.9 Å². The maximum atomic E-state index is 11.4. The smallest absolute Gasteiger partial charge is 0.176 e. The van der Waals surface area contributed by atoms with Crippen LogP contribution in [0.3, 0.4) is 0 Å². The largest absolute Gasteiger partial charge is 0.328 e. The van der Waals surface area contributed by atoms with E-state index in [-0.39, 0.29) is 12.3 Å². The molecular formula is C12H15N3O. The van der Waals surface area contributed by atoms with E-state index in [4.69, 9.17) is 5.73 Å². The van der Waals surface area contributed by atoms with E-state index < -0.39 is 0 Å². The lowest BCUT2D eigenvalue weighted by Gasteiger charge is -2.07. The molecule has 0 aliphatic carbocycles. The highest BCUT2D eigenvalue weighted by Crippen LogP contribution is 2.18. The minimum absolute atomic E-state index is 0.0381. The number of benzene rings is 1. The predicted octanol–water partition coefficient (Wildman–Crippen LogP) is 1.76. The fraction of sp³-hybridized carbons (Fsp3) is 0.333. The van der Waals surface area contributed by atoms with Gasteiger partial charge in [0.2, 0.25) is 0 Å². The van der Waals surface area contributed by atoms with Crippen LogP contribution >= 0.6 is 0 Å². The van der Waals surface area contributed by atoms with Crippen LogP contribution in [0.15, 0.2) is 24.5 Å². The first-order chi connectivity index (χ1) is 7.63. The third-order valence-electron chi connectivity index (χ3n) is 2.64. The Bertz CT molecular complexity index is 528. The van der Waals surface area contributed by atoms with Crippen molar-refractivity contribution in [3.05, 3.63) is 30.1 Å². The molecule has 2 rings (SSSR count). The monoisotopic (exact) mass is 217 g/mol. The number of fused-ring (bicyclic) bond motifs is 1. The SMILES string of the molecule is CC(C)n1cnc2cc(C(=O)CN)ccc21. The molecule has 84 valence electrons. The molecule has 0 aliphatic rings. The number of rotatable bonds is 3. The van der Waals surface area contributed by atoms with Gasteiger partial charge in [-0.3, -0.25) is 4.79 Å². The zero-order valence-corrected chi connectivity index (χ0v) is 9.47. The number of nitrogens with zero attached hydrogens (tertiary/aromatic N) is 2. The first kappa shape index (κ1) is 10.8. The minimum atomic E-state index is -0.0546. The number of hydrogen-bond acceptors (Lipinski definition) is 3. The number of ketones is 1. The average molecular weight is 217 g/mol. The van der Waals surface area contributed by atoms with Gasteiger partial charge in [0.1, 0.15) is 0 Å². The summed E-state index contributed by atoms with van der Waals surface area (Å²) in [7, 11) is 0. The van der Waals surface area contributed by atoms with Gasteiger partial charge >= 0.3 is 0 Å². The average Bonchev–Trinajstić information content (AvgIpc) is 2.70. The van der Waals surface area contributed by atoms with Gasteiger partial charge in [-0.25, -0.2) is 4.98 Å². The maximum absolute atomic E-state index is 11.4. The van der Waals surface area contributed by atoms with E-state index in [2.05, 4.69) is 23.4 Å². The highest BCUT2D eigenvalue weighted by molar-refractivity contribution is 6.00. The standard InChI is InChI=1S/C12H15N3O/c1-8(2)15-7-14-10-5-9(12(16)6-13)3-4-11(10)15/h3-5,7-8H,6,13H2,1-2H3. The zero-order valence-electron chi connectivity index (χ0n) is 9.47. The second kappa shape index (κ2) is 4.06. The molecule has 0 saturated carbocycles. The molecule has 4 heteroatoms. The van der Waals surface area contributed by atoms with Crippen LogP contribution in [0, 0.1) is 0 Å². The lowest BCUT2D eigenvalue weighted by atomic mass is 10.1. The molecule has 0 unspecified atom stereocenters. The van der Waals surface area contributed by atoms with E-state index in [1.165, 1.54) is 0 Å². The molecule has 16 heavy (non-hydrogen) atoms. The summed E-state index contributed by atoms with van der Waals surface area (Å²) in [6, 6.07) is 5.88. The molecular weight excluding hydrogens is 202 g/mol. The van der Waals surface area contributed by atoms with E-state index in [0.717, 1.165) is 11.0 Å². The van der Waals surface area contributed by atoms with Gasteiger partial charge in [0, 0.05) is 11.6 Å². The van der Waals surface area contributed by atoms with Crippen LogP contribution in [0.4, 0.5) is 0 Å². The van der Waals surface area contributed by atoms with E-state index >= 15 is 0 Å². The third kappa shape index (κ3) is 1.72. The molecule has 2 N–H and O–H groups in total. The fourth-order valence-corrected chi connectivity index (χ4v) is 1.73. The molecule has 0 saturated heterocycles. The van der Waals surface area contributed by atoms with Crippen molar-refractivity contribution in [2.24, 2.45) is 5.73 Å². The van der Waals surface area contributed by atoms with Crippen LogP contribution in [0.2, 0.25) is 0 Å². The van der Waals surface area contributed by atoms with E-state index in [1.54, 1.807) is 18.5 Å². The highest BCUT2D eigenvalue weighted by Gasteiger charge is 2.09. The van der Waals surface area contributed by atoms with Crippen LogP contribution in [0.25, 0.3) is 11.0 Å². The Morgan fingerprint density at radius 2 is 2.25 bits per heavy atom. The van der Waals surface area contributed by atoms with Crippen molar-refractivity contribution in [3.63, 3.8) is 0 Å². The zero-order chi connectivity index (χ0) is 11.7. The minimum Gasteiger partial charge on any atom is -0.328 e. The van der Waals surface area contributed by atoms with Gasteiger partial charge < -0.3 is 10.3 Å². The van der Waals surface area contributed by atoms with Crippen LogP contribution in [-0.2, 0) is 0 Å². The normalized spacial score (nSPS) is 11.2. The first-order valence-electron chi connectivity index (χ1n) is 5.33. The van der Waals surface area contributed by atoms with Crippen molar-refractivity contribution < 1.29 is 4.79 Å². The molecule has 1 aromatic carbocycles. The summed E-state index contributed by atoms with van der Waals surface area (Å²) in [6.45, 7) is 4.23. The summed E-state index contributed by atoms with van der Waals surface area (Å²) in [4.78, 5) is 15.7. The number of carbonyl (C=O) groups is 1. The van der Waals surface area contributed by atoms with Gasteiger partial charge in [0.05, 0.1) is 23.9 Å². The lowest BCUT2D eigenvalue weighted by molar-refractivity contribution is 0.100. The molecule has 0 bridgehead atoms. The Hall–Kier alpha value is -1.68. The molecule has 0 radical (unpaired) electrons. The van der Waals surface area contributed by atoms with Crippen molar-refractivity contribution in [1.82, 2.24) is 9.55 Å². The van der Waals surface area contributed by atoms with Crippen molar-refractivity contribution in [2.45, 2.75) is 19.9 Å². The van der Waals surface area contributed by atoms with Crippen LogP contribution in [0.1, 0.15) is 30.2 Å². The van der Waals surface area contributed by atoms with E-state index in [9.17, 15) is 4.79 Å². The Kier molecular flexibility index (Phi) is 2.75. The summed E-state index contributed by atoms with van der Waals surface area (Å²) in [6.07, 6.45) is 1.80. The predicted molar refractivity (Wildman–Crippen MR) is 63.5 cm³/mol. The summed E-state index contributed by atoms with van der Waals surface area (Å²) in [5, 5.41) is 0. The van der Waals surface area contributed by atoms with Gasteiger partial charge in [0.25, 0.3) is 0 Å². The number of nitrogens with two attached hydrogens (primary N) is 1. The summed E-state index contributed by atoms with van der Waals surface area (Å²) in [5.74, 6) is -0.0546. The number of imidazole rings is 1. The highest BCUT2D eigenvalue weighted by atomic mass is 16.1. The molecule has 0 spiro atoms. The van der Waals surface area contributed by atoms with E-state index in [1.807, 2.05) is 6.07 Å². The number of Topliss-reactive ketones (excluding diaryl/α,β-unsaturated/α-hetero) is 1. The van der Waals surface area contributed by atoms with Crippen LogP contribution in [0.5, 0.6) is 0 Å². The van der Waals surface area contributed by atoms with Gasteiger partial charge in [-0.15, -0.1) is 0 Å². The molecule has 0 amide bonds. The first-order valence-corrected chi connectivity index (χ1v) is 5.33. The Morgan fingerprint density at radius 1 is 1.50 bits per heavy atom. The van der Waals surface area contributed by atoms with Gasteiger partial charge in [0.15, 0.2) is 5.78 Å². The molecule has 0 fully saturated rings. The molecule has 0 aliphatic heterocycles. The Labute approximate surface area is 94.1 Å². The second-order valence-corrected chi connectivity index (χ2v) is 4.08. The number of carbonyl (C=O) groups excluding carboxylic acids is 1. The summed E-state index contributed by atoms with van der Waals surface area (Å²) < 4.78 is 2.08. The van der Waals surface area contributed by atoms with Crippen molar-refractivity contribution in [1.29, 1.82) is 0 Å². The topological polar surface area (TPSA) is 60.9 Å².